The molecule has 2 N–H and O–H groups in total. The van der Waals surface area contributed by atoms with Gasteiger partial charge in [-0.3, -0.25) is 9.59 Å². The first-order chi connectivity index (χ1) is 11.5. The van der Waals surface area contributed by atoms with E-state index < -0.39 is 11.4 Å². The molecule has 0 spiro atoms. The largest absolute Gasteiger partial charge is 0.481 e. The van der Waals surface area contributed by atoms with Crippen molar-refractivity contribution in [1.29, 1.82) is 0 Å². The van der Waals surface area contributed by atoms with Crippen molar-refractivity contribution < 1.29 is 19.1 Å². The van der Waals surface area contributed by atoms with Crippen molar-refractivity contribution in [3.8, 4) is 0 Å². The second kappa shape index (κ2) is 6.91. The van der Waals surface area contributed by atoms with Gasteiger partial charge in [-0.1, -0.05) is 31.0 Å². The number of halogens is 1. The standard InChI is InChI=1S/C19H24FNO3/c20-16-6-2-1-5-15(16)19(11-3-4-12-19)18(24)21-14-9-7-13(8-10-14)17(22)23/h1-2,5-6,13-14H,3-4,7-12H2,(H,21,24)(H,22,23). The molecule has 2 aliphatic rings. The molecule has 2 aliphatic carbocycles. The highest BCUT2D eigenvalue weighted by Gasteiger charge is 2.45. The van der Waals surface area contributed by atoms with Crippen molar-refractivity contribution >= 4 is 11.9 Å². The van der Waals surface area contributed by atoms with E-state index in [2.05, 4.69) is 5.32 Å². The van der Waals surface area contributed by atoms with E-state index in [9.17, 15) is 14.0 Å². The summed E-state index contributed by atoms with van der Waals surface area (Å²) >= 11 is 0. The van der Waals surface area contributed by atoms with Crippen molar-refractivity contribution in [2.75, 3.05) is 0 Å². The average molecular weight is 333 g/mol. The first-order valence-electron chi connectivity index (χ1n) is 8.82. The number of benzene rings is 1. The Balaban J connectivity index is 1.73. The SMILES string of the molecule is O=C(O)C1CCC(NC(=O)C2(c3ccccc3F)CCCC2)CC1. The van der Waals surface area contributed by atoms with Crippen LogP contribution in [0.25, 0.3) is 0 Å². The van der Waals surface area contributed by atoms with E-state index in [1.54, 1.807) is 18.2 Å². The highest BCUT2D eigenvalue weighted by molar-refractivity contribution is 5.89. The smallest absolute Gasteiger partial charge is 0.306 e. The predicted octanol–water partition coefficient (Wildman–Crippen LogP) is 3.40. The van der Waals surface area contributed by atoms with Crippen LogP contribution in [0, 0.1) is 11.7 Å². The molecule has 0 radical (unpaired) electrons. The van der Waals surface area contributed by atoms with E-state index in [1.165, 1.54) is 6.07 Å². The number of carbonyl (C=O) groups is 2. The zero-order valence-corrected chi connectivity index (χ0v) is 13.8. The number of hydrogen-bond acceptors (Lipinski definition) is 2. The summed E-state index contributed by atoms with van der Waals surface area (Å²) in [5, 5.41) is 12.2. The number of carbonyl (C=O) groups excluding carboxylic acids is 1. The highest BCUT2D eigenvalue weighted by Crippen LogP contribution is 2.42. The Bertz CT molecular complexity index is 617. The Kier molecular flexibility index (Phi) is 4.88. The van der Waals surface area contributed by atoms with Crippen LogP contribution in [0.5, 0.6) is 0 Å². The molecule has 1 aromatic carbocycles. The Morgan fingerprint density at radius 1 is 1.08 bits per heavy atom. The predicted molar refractivity (Wildman–Crippen MR) is 88.1 cm³/mol. The molecule has 3 rings (SSSR count). The number of hydrogen-bond donors (Lipinski definition) is 2. The van der Waals surface area contributed by atoms with E-state index in [1.807, 2.05) is 0 Å². The third kappa shape index (κ3) is 3.17. The third-order valence-corrected chi connectivity index (χ3v) is 5.69. The van der Waals surface area contributed by atoms with Gasteiger partial charge in [0, 0.05) is 11.6 Å². The molecule has 0 atom stereocenters. The molecule has 2 fully saturated rings. The van der Waals surface area contributed by atoms with Gasteiger partial charge in [-0.2, -0.15) is 0 Å². The Morgan fingerprint density at radius 2 is 1.71 bits per heavy atom. The molecule has 0 aromatic heterocycles. The zero-order chi connectivity index (χ0) is 17.2. The molecule has 0 saturated heterocycles. The number of carboxylic acid groups (broad SMARTS) is 1. The minimum absolute atomic E-state index is 0.00246. The Labute approximate surface area is 141 Å². The third-order valence-electron chi connectivity index (χ3n) is 5.69. The van der Waals surface area contributed by atoms with Crippen LogP contribution in [-0.4, -0.2) is 23.0 Å². The van der Waals surface area contributed by atoms with E-state index in [4.69, 9.17) is 5.11 Å². The summed E-state index contributed by atoms with van der Waals surface area (Å²) in [5.74, 6) is -1.46. The Morgan fingerprint density at radius 3 is 2.29 bits per heavy atom. The lowest BCUT2D eigenvalue weighted by atomic mass is 9.77. The molecule has 130 valence electrons. The van der Waals surface area contributed by atoms with Gasteiger partial charge in [0.1, 0.15) is 5.82 Å². The maximum atomic E-state index is 14.3. The van der Waals surface area contributed by atoms with Crippen molar-refractivity contribution in [2.45, 2.75) is 62.8 Å². The molecule has 5 heteroatoms. The lowest BCUT2D eigenvalue weighted by Crippen LogP contribution is -2.48. The topological polar surface area (TPSA) is 66.4 Å². The van der Waals surface area contributed by atoms with Crippen LogP contribution in [-0.2, 0) is 15.0 Å². The average Bonchev–Trinajstić information content (AvgIpc) is 3.06. The van der Waals surface area contributed by atoms with Crippen molar-refractivity contribution in [2.24, 2.45) is 5.92 Å². The quantitative estimate of drug-likeness (QED) is 0.887. The van der Waals surface area contributed by atoms with Crippen LogP contribution in [0.1, 0.15) is 56.9 Å². The van der Waals surface area contributed by atoms with E-state index >= 15 is 0 Å². The number of rotatable bonds is 4. The number of amides is 1. The van der Waals surface area contributed by atoms with E-state index in [-0.39, 0.29) is 23.7 Å². The van der Waals surface area contributed by atoms with Gasteiger partial charge in [-0.25, -0.2) is 4.39 Å². The van der Waals surface area contributed by atoms with Crippen LogP contribution in [0.4, 0.5) is 4.39 Å². The molecular formula is C19H24FNO3. The molecule has 0 unspecified atom stereocenters. The molecule has 1 aromatic rings. The summed E-state index contributed by atoms with van der Waals surface area (Å²) in [6, 6.07) is 6.57. The number of nitrogens with one attached hydrogen (secondary N) is 1. The number of carboxylic acids is 1. The van der Waals surface area contributed by atoms with Crippen molar-refractivity contribution in [3.63, 3.8) is 0 Å². The second-order valence-electron chi connectivity index (χ2n) is 7.13. The van der Waals surface area contributed by atoms with Crippen LogP contribution < -0.4 is 5.32 Å². The van der Waals surface area contributed by atoms with Crippen LogP contribution in [0.2, 0.25) is 0 Å². The first-order valence-corrected chi connectivity index (χ1v) is 8.82. The number of aliphatic carboxylic acids is 1. The maximum absolute atomic E-state index is 14.3. The molecule has 0 heterocycles. The second-order valence-corrected chi connectivity index (χ2v) is 7.13. The summed E-state index contributed by atoms with van der Waals surface area (Å²) in [6.07, 6.45) is 5.72. The minimum Gasteiger partial charge on any atom is -0.481 e. The summed E-state index contributed by atoms with van der Waals surface area (Å²) < 4.78 is 14.3. The van der Waals surface area contributed by atoms with Crippen molar-refractivity contribution in [3.05, 3.63) is 35.6 Å². The molecular weight excluding hydrogens is 309 g/mol. The van der Waals surface area contributed by atoms with Crippen LogP contribution in [0.15, 0.2) is 24.3 Å². The highest BCUT2D eigenvalue weighted by atomic mass is 19.1. The van der Waals surface area contributed by atoms with Gasteiger partial charge in [0.2, 0.25) is 5.91 Å². The summed E-state index contributed by atoms with van der Waals surface area (Å²) in [6.45, 7) is 0. The van der Waals surface area contributed by atoms with Crippen LogP contribution in [0.3, 0.4) is 0 Å². The molecule has 24 heavy (non-hydrogen) atoms. The normalized spacial score (nSPS) is 26.0. The molecule has 0 aliphatic heterocycles. The van der Waals surface area contributed by atoms with Gasteiger partial charge in [0.05, 0.1) is 11.3 Å². The monoisotopic (exact) mass is 333 g/mol. The molecule has 4 nitrogen and oxygen atoms in total. The fourth-order valence-corrected chi connectivity index (χ4v) is 4.25. The van der Waals surface area contributed by atoms with Gasteiger partial charge in [-0.05, 0) is 44.6 Å². The lowest BCUT2D eigenvalue weighted by Gasteiger charge is -2.33. The van der Waals surface area contributed by atoms with Gasteiger partial charge >= 0.3 is 5.97 Å². The van der Waals surface area contributed by atoms with Gasteiger partial charge in [0.15, 0.2) is 0 Å². The summed E-state index contributed by atoms with van der Waals surface area (Å²) in [5.41, 5.74) is -0.270. The van der Waals surface area contributed by atoms with Gasteiger partial charge in [-0.15, -0.1) is 0 Å². The minimum atomic E-state index is -0.769. The van der Waals surface area contributed by atoms with E-state index in [0.717, 1.165) is 12.8 Å². The first kappa shape index (κ1) is 16.9. The summed E-state index contributed by atoms with van der Waals surface area (Å²) in [4.78, 5) is 24.0. The molecule has 0 bridgehead atoms. The van der Waals surface area contributed by atoms with E-state index in [0.29, 0.717) is 44.1 Å². The van der Waals surface area contributed by atoms with Gasteiger partial charge < -0.3 is 10.4 Å². The fraction of sp³-hybridized carbons (Fsp3) is 0.579. The maximum Gasteiger partial charge on any atom is 0.306 e. The zero-order valence-electron chi connectivity index (χ0n) is 13.8. The molecule has 1 amide bonds. The van der Waals surface area contributed by atoms with Crippen molar-refractivity contribution in [1.82, 2.24) is 5.32 Å². The Hall–Kier alpha value is -1.91. The van der Waals surface area contributed by atoms with Crippen LogP contribution >= 0.6 is 0 Å². The van der Waals surface area contributed by atoms with Gasteiger partial charge in [0.25, 0.3) is 0 Å². The molecule has 2 saturated carbocycles. The summed E-state index contributed by atoms with van der Waals surface area (Å²) in [7, 11) is 0. The lowest BCUT2D eigenvalue weighted by molar-refractivity contribution is -0.142. The fourth-order valence-electron chi connectivity index (χ4n) is 4.25.